The van der Waals surface area contributed by atoms with Crippen LogP contribution >= 0.6 is 0 Å². The van der Waals surface area contributed by atoms with E-state index < -0.39 is 0 Å². The van der Waals surface area contributed by atoms with Crippen molar-refractivity contribution in [3.8, 4) is 22.9 Å². The van der Waals surface area contributed by atoms with E-state index in [2.05, 4.69) is 24.1 Å². The summed E-state index contributed by atoms with van der Waals surface area (Å²) in [6, 6.07) is 6.08. The molecule has 0 saturated carbocycles. The second-order valence-electron chi connectivity index (χ2n) is 6.76. The molecule has 0 atom stereocenters. The van der Waals surface area contributed by atoms with Gasteiger partial charge in [0.25, 0.3) is 5.88 Å². The van der Waals surface area contributed by atoms with Crippen molar-refractivity contribution in [2.45, 2.75) is 60.0 Å². The Morgan fingerprint density at radius 3 is 2.50 bits per heavy atom. The predicted octanol–water partition coefficient (Wildman–Crippen LogP) is 5.16. The van der Waals surface area contributed by atoms with Gasteiger partial charge >= 0.3 is 0 Å². The van der Waals surface area contributed by atoms with E-state index in [1.165, 1.54) is 6.42 Å². The number of aromatic nitrogens is 2. The third-order valence-corrected chi connectivity index (χ3v) is 4.09. The lowest BCUT2D eigenvalue weighted by atomic mass is 10.0. The lowest BCUT2D eigenvalue weighted by Gasteiger charge is -2.16. The molecule has 0 saturated heterocycles. The van der Waals surface area contributed by atoms with Crippen LogP contribution in [0.1, 0.15) is 51.3 Å². The highest BCUT2D eigenvalue weighted by Crippen LogP contribution is 2.31. The smallest absolute Gasteiger partial charge is 0.257 e. The monoisotopic (exact) mass is 357 g/mol. The van der Waals surface area contributed by atoms with Crippen LogP contribution in [-0.4, -0.2) is 29.7 Å². The van der Waals surface area contributed by atoms with E-state index in [1.807, 2.05) is 46.0 Å². The number of nitrogens with one attached hydrogen (secondary N) is 1. The predicted molar refractivity (Wildman–Crippen MR) is 107 cm³/mol. The van der Waals surface area contributed by atoms with Crippen LogP contribution < -0.4 is 14.8 Å². The van der Waals surface area contributed by atoms with Gasteiger partial charge in [-0.15, -0.1) is 0 Å². The molecule has 0 bridgehead atoms. The van der Waals surface area contributed by atoms with Gasteiger partial charge in [0.05, 0.1) is 24.1 Å². The number of aryl methyl sites for hydroxylation is 2. The maximum Gasteiger partial charge on any atom is 0.257 e. The van der Waals surface area contributed by atoms with Crippen LogP contribution in [-0.2, 0) is 0 Å². The molecule has 142 valence electrons. The summed E-state index contributed by atoms with van der Waals surface area (Å²) in [5.41, 5.74) is 3.89. The van der Waals surface area contributed by atoms with Crippen molar-refractivity contribution in [2.24, 2.45) is 0 Å². The van der Waals surface area contributed by atoms with E-state index in [0.717, 1.165) is 41.1 Å². The fraction of sp³-hybridized carbons (Fsp3) is 0.524. The zero-order valence-electron chi connectivity index (χ0n) is 16.8. The zero-order chi connectivity index (χ0) is 19.1. The molecule has 5 nitrogen and oxygen atoms in total. The maximum absolute atomic E-state index is 5.84. The minimum Gasteiger partial charge on any atom is -0.491 e. The fourth-order valence-corrected chi connectivity index (χ4v) is 2.79. The third-order valence-electron chi connectivity index (χ3n) is 4.09. The van der Waals surface area contributed by atoms with Gasteiger partial charge in [-0.25, -0.2) is 9.97 Å². The number of benzene rings is 1. The normalized spacial score (nSPS) is 10.9. The first-order chi connectivity index (χ1) is 12.5. The number of anilines is 1. The molecule has 0 aliphatic rings. The largest absolute Gasteiger partial charge is 0.491 e. The lowest BCUT2D eigenvalue weighted by molar-refractivity contribution is 0.242. The van der Waals surface area contributed by atoms with E-state index in [9.17, 15) is 0 Å². The number of hydrogen-bond acceptors (Lipinski definition) is 5. The third kappa shape index (κ3) is 5.10. The van der Waals surface area contributed by atoms with Crippen LogP contribution in [0.2, 0.25) is 0 Å². The molecule has 1 heterocycles. The summed E-state index contributed by atoms with van der Waals surface area (Å²) in [6.45, 7) is 10.9. The molecule has 0 unspecified atom stereocenters. The van der Waals surface area contributed by atoms with Gasteiger partial charge in [0, 0.05) is 12.6 Å². The van der Waals surface area contributed by atoms with Crippen molar-refractivity contribution in [3.05, 3.63) is 29.5 Å². The molecule has 2 aromatic rings. The average Bonchev–Trinajstić information content (AvgIpc) is 2.59. The zero-order valence-corrected chi connectivity index (χ0v) is 16.8. The molecule has 1 aromatic carbocycles. The number of rotatable bonds is 9. The van der Waals surface area contributed by atoms with E-state index in [4.69, 9.17) is 14.5 Å². The van der Waals surface area contributed by atoms with Crippen LogP contribution in [0.4, 0.5) is 5.82 Å². The first kappa shape index (κ1) is 20.0. The van der Waals surface area contributed by atoms with E-state index in [0.29, 0.717) is 18.3 Å². The van der Waals surface area contributed by atoms with Crippen LogP contribution in [0, 0.1) is 13.8 Å². The molecule has 0 spiro atoms. The van der Waals surface area contributed by atoms with Gasteiger partial charge in [-0.2, -0.15) is 0 Å². The first-order valence-electron chi connectivity index (χ1n) is 9.43. The van der Waals surface area contributed by atoms with Crippen molar-refractivity contribution in [2.75, 3.05) is 19.0 Å². The number of unbranched alkanes of at least 4 members (excludes halogenated alkanes) is 2. The molecule has 0 aliphatic heterocycles. The molecule has 0 fully saturated rings. The van der Waals surface area contributed by atoms with Crippen molar-refractivity contribution in [3.63, 3.8) is 0 Å². The standard InChI is InChI=1S/C21H31N3O2/c1-7-8-9-12-25-21-20(22-6)24-19(16(5)23-21)18-11-10-17(13-15(18)4)26-14(2)3/h10-11,13-14H,7-9,12H2,1-6H3,(H,22,24). The van der Waals surface area contributed by atoms with E-state index in [-0.39, 0.29) is 6.10 Å². The Morgan fingerprint density at radius 2 is 1.88 bits per heavy atom. The summed E-state index contributed by atoms with van der Waals surface area (Å²) in [7, 11) is 1.84. The Bertz CT molecular complexity index is 729. The molecule has 0 amide bonds. The van der Waals surface area contributed by atoms with Crippen molar-refractivity contribution >= 4 is 5.82 Å². The molecule has 26 heavy (non-hydrogen) atoms. The molecule has 0 aliphatic carbocycles. The Morgan fingerprint density at radius 1 is 1.12 bits per heavy atom. The topological polar surface area (TPSA) is 56.3 Å². The van der Waals surface area contributed by atoms with Gasteiger partial charge in [-0.05, 0) is 57.9 Å². The number of hydrogen-bond donors (Lipinski definition) is 1. The SMILES string of the molecule is CCCCCOc1nc(C)c(-c2ccc(OC(C)C)cc2C)nc1NC. The molecule has 1 aromatic heterocycles. The highest BCUT2D eigenvalue weighted by molar-refractivity contribution is 5.69. The van der Waals surface area contributed by atoms with Crippen molar-refractivity contribution in [1.82, 2.24) is 9.97 Å². The van der Waals surface area contributed by atoms with Crippen molar-refractivity contribution < 1.29 is 9.47 Å². The fourth-order valence-electron chi connectivity index (χ4n) is 2.79. The summed E-state index contributed by atoms with van der Waals surface area (Å²) >= 11 is 0. The minimum absolute atomic E-state index is 0.154. The highest BCUT2D eigenvalue weighted by Gasteiger charge is 2.15. The summed E-state index contributed by atoms with van der Waals surface area (Å²) < 4.78 is 11.6. The van der Waals surface area contributed by atoms with Gasteiger partial charge in [0.2, 0.25) is 0 Å². The average molecular weight is 357 g/mol. The Hall–Kier alpha value is -2.30. The second-order valence-corrected chi connectivity index (χ2v) is 6.76. The van der Waals surface area contributed by atoms with E-state index in [1.54, 1.807) is 0 Å². The van der Waals surface area contributed by atoms with Gasteiger partial charge in [0.15, 0.2) is 5.82 Å². The molecular weight excluding hydrogens is 326 g/mol. The van der Waals surface area contributed by atoms with E-state index >= 15 is 0 Å². The van der Waals surface area contributed by atoms with Gasteiger partial charge < -0.3 is 14.8 Å². The van der Waals surface area contributed by atoms with Gasteiger partial charge in [-0.1, -0.05) is 19.8 Å². The lowest BCUT2D eigenvalue weighted by Crippen LogP contribution is -2.08. The molecule has 2 rings (SSSR count). The first-order valence-corrected chi connectivity index (χ1v) is 9.43. The van der Waals surface area contributed by atoms with Gasteiger partial charge in [-0.3, -0.25) is 0 Å². The molecule has 5 heteroatoms. The minimum atomic E-state index is 0.154. The Kier molecular flexibility index (Phi) is 7.25. The molecule has 1 N–H and O–H groups in total. The highest BCUT2D eigenvalue weighted by atomic mass is 16.5. The van der Waals surface area contributed by atoms with Crippen LogP contribution in [0.5, 0.6) is 11.6 Å². The maximum atomic E-state index is 5.84. The molecular formula is C21H31N3O2. The van der Waals surface area contributed by atoms with Crippen LogP contribution in [0.3, 0.4) is 0 Å². The summed E-state index contributed by atoms with van der Waals surface area (Å²) in [5, 5.41) is 3.11. The Balaban J connectivity index is 2.29. The quantitative estimate of drug-likeness (QED) is 0.628. The summed E-state index contributed by atoms with van der Waals surface area (Å²) in [5.74, 6) is 2.11. The van der Waals surface area contributed by atoms with Crippen LogP contribution in [0.25, 0.3) is 11.3 Å². The summed E-state index contributed by atoms with van der Waals surface area (Å²) in [4.78, 5) is 9.42. The number of ether oxygens (including phenoxy) is 2. The van der Waals surface area contributed by atoms with Crippen LogP contribution in [0.15, 0.2) is 18.2 Å². The molecule has 0 radical (unpaired) electrons. The second kappa shape index (κ2) is 9.41. The Labute approximate surface area is 157 Å². The van der Waals surface area contributed by atoms with Gasteiger partial charge in [0.1, 0.15) is 5.75 Å². The van der Waals surface area contributed by atoms with Crippen molar-refractivity contribution in [1.29, 1.82) is 0 Å². The summed E-state index contributed by atoms with van der Waals surface area (Å²) in [6.07, 6.45) is 3.51. The number of nitrogens with zero attached hydrogens (tertiary/aromatic N) is 2.